The van der Waals surface area contributed by atoms with Gasteiger partial charge in [-0.15, -0.1) is 0 Å². The molecule has 0 unspecified atom stereocenters. The third kappa shape index (κ3) is 5.30. The maximum atomic E-state index is 12.7. The van der Waals surface area contributed by atoms with E-state index in [0.29, 0.717) is 22.9 Å². The Kier molecular flexibility index (Phi) is 7.29. The van der Waals surface area contributed by atoms with Gasteiger partial charge in [0.15, 0.2) is 11.5 Å². The van der Waals surface area contributed by atoms with Crippen LogP contribution in [0.25, 0.3) is 0 Å². The fourth-order valence-electron chi connectivity index (χ4n) is 2.49. The Morgan fingerprint density at radius 3 is 2.07 bits per heavy atom. The van der Waals surface area contributed by atoms with E-state index in [1.807, 2.05) is 0 Å². The summed E-state index contributed by atoms with van der Waals surface area (Å²) in [4.78, 5) is 12.5. The molecule has 2 aromatic carbocycles. The highest BCUT2D eigenvalue weighted by atomic mass is 32.2. The maximum Gasteiger partial charge on any atom is 0.242 e. The minimum atomic E-state index is -3.99. The third-order valence-corrected chi connectivity index (χ3v) is 5.59. The summed E-state index contributed by atoms with van der Waals surface area (Å²) in [6, 6.07) is 7.97. The molecule has 0 heterocycles. The van der Waals surface area contributed by atoms with Crippen molar-refractivity contribution in [2.75, 3.05) is 33.8 Å². The summed E-state index contributed by atoms with van der Waals surface area (Å²) >= 11 is 0. The second-order valence-corrected chi connectivity index (χ2v) is 7.63. The summed E-state index contributed by atoms with van der Waals surface area (Å²) in [7, 11) is 1.82. The zero-order valence-electron chi connectivity index (χ0n) is 16.8. The lowest BCUT2D eigenvalue weighted by Gasteiger charge is -2.17. The van der Waals surface area contributed by atoms with Gasteiger partial charge in [-0.3, -0.25) is 4.79 Å². The predicted octanol–water partition coefficient (Wildman–Crippen LogP) is 2.03. The van der Waals surface area contributed by atoms with Crippen molar-refractivity contribution < 1.29 is 32.2 Å². The topological polar surface area (TPSA) is 112 Å². The van der Waals surface area contributed by atoms with Gasteiger partial charge in [-0.05, 0) is 31.2 Å². The standard InChI is InChI=1S/C19H24N2O7S/c1-12(19(22)20-15-10-13(25-2)6-8-16(15)26-3)21-29(23,24)14-7-9-17(27-4)18(11-14)28-5/h6-12,21H,1-5H3,(H,20,22)/t12-/m1/s1. The first-order chi connectivity index (χ1) is 13.7. The molecule has 0 saturated heterocycles. The van der Waals surface area contributed by atoms with Gasteiger partial charge < -0.3 is 24.3 Å². The van der Waals surface area contributed by atoms with E-state index in [2.05, 4.69) is 10.0 Å². The van der Waals surface area contributed by atoms with Crippen LogP contribution in [0.2, 0.25) is 0 Å². The normalized spacial score (nSPS) is 12.0. The van der Waals surface area contributed by atoms with Crippen LogP contribution in [-0.4, -0.2) is 48.8 Å². The highest BCUT2D eigenvalue weighted by Gasteiger charge is 2.24. The Hall–Kier alpha value is -2.98. The van der Waals surface area contributed by atoms with Crippen LogP contribution in [0.15, 0.2) is 41.3 Å². The smallest absolute Gasteiger partial charge is 0.242 e. The lowest BCUT2D eigenvalue weighted by Crippen LogP contribution is -2.41. The lowest BCUT2D eigenvalue weighted by molar-refractivity contribution is -0.117. The van der Waals surface area contributed by atoms with Gasteiger partial charge in [0.05, 0.1) is 45.1 Å². The van der Waals surface area contributed by atoms with E-state index in [1.165, 1.54) is 53.6 Å². The molecule has 10 heteroatoms. The van der Waals surface area contributed by atoms with E-state index in [4.69, 9.17) is 18.9 Å². The van der Waals surface area contributed by atoms with Crippen molar-refractivity contribution in [3.63, 3.8) is 0 Å². The van der Waals surface area contributed by atoms with Crippen LogP contribution in [-0.2, 0) is 14.8 Å². The van der Waals surface area contributed by atoms with Gasteiger partial charge in [0.25, 0.3) is 0 Å². The average Bonchev–Trinajstić information content (AvgIpc) is 2.72. The highest BCUT2D eigenvalue weighted by Crippen LogP contribution is 2.30. The number of nitrogens with one attached hydrogen (secondary N) is 2. The van der Waals surface area contributed by atoms with Gasteiger partial charge in [-0.25, -0.2) is 8.42 Å². The van der Waals surface area contributed by atoms with Gasteiger partial charge in [-0.1, -0.05) is 0 Å². The Morgan fingerprint density at radius 2 is 1.48 bits per heavy atom. The van der Waals surface area contributed by atoms with Crippen LogP contribution >= 0.6 is 0 Å². The molecule has 0 spiro atoms. The van der Waals surface area contributed by atoms with E-state index in [-0.39, 0.29) is 10.6 Å². The number of amides is 1. The molecule has 0 fully saturated rings. The Bertz CT molecular complexity index is 977. The van der Waals surface area contributed by atoms with Crippen LogP contribution in [0, 0.1) is 0 Å². The van der Waals surface area contributed by atoms with E-state index in [9.17, 15) is 13.2 Å². The summed E-state index contributed by atoms with van der Waals surface area (Å²) in [6.45, 7) is 1.43. The molecule has 29 heavy (non-hydrogen) atoms. The summed E-state index contributed by atoms with van der Waals surface area (Å²) in [5.41, 5.74) is 0.356. The van der Waals surface area contributed by atoms with Crippen molar-refractivity contribution in [1.82, 2.24) is 4.72 Å². The number of methoxy groups -OCH3 is 4. The SMILES string of the molecule is COc1ccc(OC)c(NC(=O)[C@@H](C)NS(=O)(=O)c2ccc(OC)c(OC)c2)c1. The van der Waals surface area contributed by atoms with Gasteiger partial charge in [-0.2, -0.15) is 4.72 Å². The quantitative estimate of drug-likeness (QED) is 0.633. The molecule has 0 aliphatic carbocycles. The summed E-state index contributed by atoms with van der Waals surface area (Å²) in [5, 5.41) is 2.64. The molecule has 0 bridgehead atoms. The second kappa shape index (κ2) is 9.48. The molecular formula is C19H24N2O7S. The van der Waals surface area contributed by atoms with Gasteiger partial charge >= 0.3 is 0 Å². The molecule has 2 N–H and O–H groups in total. The second-order valence-electron chi connectivity index (χ2n) is 5.92. The van der Waals surface area contributed by atoms with E-state index in [0.717, 1.165) is 0 Å². The number of sulfonamides is 1. The lowest BCUT2D eigenvalue weighted by atomic mass is 10.2. The average molecular weight is 424 g/mol. The van der Waals surface area contributed by atoms with Crippen LogP contribution in [0.4, 0.5) is 5.69 Å². The van der Waals surface area contributed by atoms with Gasteiger partial charge in [0.1, 0.15) is 11.5 Å². The molecule has 0 aromatic heterocycles. The first kappa shape index (κ1) is 22.3. The van der Waals surface area contributed by atoms with Crippen molar-refractivity contribution >= 4 is 21.6 Å². The molecule has 0 saturated carbocycles. The Morgan fingerprint density at radius 1 is 0.862 bits per heavy atom. The van der Waals surface area contributed by atoms with Gasteiger partial charge in [0, 0.05) is 12.1 Å². The summed E-state index contributed by atoms with van der Waals surface area (Å²) in [5.74, 6) is 1.00. The van der Waals surface area contributed by atoms with E-state index >= 15 is 0 Å². The number of carbonyl (C=O) groups is 1. The predicted molar refractivity (Wildman–Crippen MR) is 108 cm³/mol. The van der Waals surface area contributed by atoms with Crippen LogP contribution in [0.1, 0.15) is 6.92 Å². The van der Waals surface area contributed by atoms with Gasteiger partial charge in [0.2, 0.25) is 15.9 Å². The fourth-order valence-corrected chi connectivity index (χ4v) is 3.71. The van der Waals surface area contributed by atoms with E-state index < -0.39 is 22.0 Å². The highest BCUT2D eigenvalue weighted by molar-refractivity contribution is 7.89. The van der Waals surface area contributed by atoms with Crippen LogP contribution < -0.4 is 29.0 Å². The van der Waals surface area contributed by atoms with Crippen LogP contribution in [0.3, 0.4) is 0 Å². The zero-order chi connectivity index (χ0) is 21.6. The largest absolute Gasteiger partial charge is 0.497 e. The van der Waals surface area contributed by atoms with E-state index in [1.54, 1.807) is 18.2 Å². The molecule has 1 atom stereocenters. The van der Waals surface area contributed by atoms with Crippen LogP contribution in [0.5, 0.6) is 23.0 Å². The first-order valence-electron chi connectivity index (χ1n) is 8.53. The number of anilines is 1. The minimum Gasteiger partial charge on any atom is -0.497 e. The first-order valence-corrected chi connectivity index (χ1v) is 10.0. The minimum absolute atomic E-state index is 0.0613. The molecule has 0 radical (unpaired) electrons. The van der Waals surface area contributed by atoms with Crippen molar-refractivity contribution in [3.8, 4) is 23.0 Å². The molecular weight excluding hydrogens is 400 g/mol. The van der Waals surface area contributed by atoms with Crippen molar-refractivity contribution in [2.24, 2.45) is 0 Å². The molecule has 9 nitrogen and oxygen atoms in total. The summed E-state index contributed by atoms with van der Waals surface area (Å²) < 4.78 is 48.2. The van der Waals surface area contributed by atoms with Crippen molar-refractivity contribution in [2.45, 2.75) is 17.9 Å². The summed E-state index contributed by atoms with van der Waals surface area (Å²) in [6.07, 6.45) is 0. The molecule has 0 aliphatic rings. The Labute approximate surface area is 170 Å². The van der Waals surface area contributed by atoms with Crippen molar-refractivity contribution in [3.05, 3.63) is 36.4 Å². The number of carbonyl (C=O) groups excluding carboxylic acids is 1. The Balaban J connectivity index is 2.18. The number of ether oxygens (including phenoxy) is 4. The third-order valence-electron chi connectivity index (χ3n) is 4.06. The number of hydrogen-bond donors (Lipinski definition) is 2. The molecule has 0 aliphatic heterocycles. The zero-order valence-corrected chi connectivity index (χ0v) is 17.6. The number of rotatable bonds is 9. The molecule has 2 aromatic rings. The monoisotopic (exact) mass is 424 g/mol. The molecule has 2 rings (SSSR count). The molecule has 158 valence electrons. The number of benzene rings is 2. The molecule has 1 amide bonds. The maximum absolute atomic E-state index is 12.7. The van der Waals surface area contributed by atoms with Crippen molar-refractivity contribution in [1.29, 1.82) is 0 Å². The fraction of sp³-hybridized carbons (Fsp3) is 0.316. The number of hydrogen-bond acceptors (Lipinski definition) is 7.